The van der Waals surface area contributed by atoms with Crippen LogP contribution in [0, 0.1) is 13.8 Å². The smallest absolute Gasteiger partial charge is 0.146 e. The number of ether oxygens (including phenoxy) is 1. The fraction of sp³-hybridized carbons (Fsp3) is 0.478. The lowest BCUT2D eigenvalue weighted by Crippen LogP contribution is -2.36. The third-order valence-corrected chi connectivity index (χ3v) is 6.80. The average molecular weight is 426 g/mol. The highest BCUT2D eigenvalue weighted by atomic mass is 32.1. The van der Waals surface area contributed by atoms with Crippen LogP contribution in [0.15, 0.2) is 30.3 Å². The van der Waals surface area contributed by atoms with Gasteiger partial charge in [-0.15, -0.1) is 11.3 Å². The van der Waals surface area contributed by atoms with Crippen LogP contribution in [0.2, 0.25) is 0 Å². The van der Waals surface area contributed by atoms with Crippen molar-refractivity contribution >= 4 is 33.1 Å². The largest absolute Gasteiger partial charge is 0.379 e. The number of morpholine rings is 1. The van der Waals surface area contributed by atoms with Crippen molar-refractivity contribution in [2.75, 3.05) is 56.7 Å². The van der Waals surface area contributed by atoms with Crippen molar-refractivity contribution in [3.05, 3.63) is 46.6 Å². The normalized spacial score (nSPS) is 14.9. The molecule has 4 rings (SSSR count). The second-order valence-corrected chi connectivity index (χ2v) is 9.08. The highest BCUT2D eigenvalue weighted by molar-refractivity contribution is 7.18. The number of nitrogens with one attached hydrogen (secondary N) is 1. The van der Waals surface area contributed by atoms with E-state index in [4.69, 9.17) is 14.7 Å². The van der Waals surface area contributed by atoms with Crippen LogP contribution in [0.5, 0.6) is 0 Å². The lowest BCUT2D eigenvalue weighted by Gasteiger charge is -2.25. The number of hydrogen-bond acceptors (Lipinski definition) is 7. The molecular weight excluding hydrogens is 394 g/mol. The molecule has 1 aliphatic rings. The highest BCUT2D eigenvalue weighted by Crippen LogP contribution is 2.33. The molecule has 0 unspecified atom stereocenters. The molecule has 0 bridgehead atoms. The maximum atomic E-state index is 5.47. The van der Waals surface area contributed by atoms with Gasteiger partial charge in [-0.3, -0.25) is 4.90 Å². The van der Waals surface area contributed by atoms with E-state index < -0.39 is 0 Å². The van der Waals surface area contributed by atoms with Crippen molar-refractivity contribution in [3.8, 4) is 0 Å². The van der Waals surface area contributed by atoms with E-state index in [1.807, 2.05) is 0 Å². The summed E-state index contributed by atoms with van der Waals surface area (Å²) < 4.78 is 5.47. The van der Waals surface area contributed by atoms with E-state index in [0.717, 1.165) is 68.8 Å². The summed E-state index contributed by atoms with van der Waals surface area (Å²) in [4.78, 5) is 16.9. The Labute approximate surface area is 182 Å². The molecule has 0 saturated carbocycles. The summed E-state index contributed by atoms with van der Waals surface area (Å²) >= 11 is 1.77. The van der Waals surface area contributed by atoms with Gasteiger partial charge >= 0.3 is 0 Å². The molecule has 6 nitrogen and oxygen atoms in total. The Balaban J connectivity index is 1.44. The Morgan fingerprint density at radius 1 is 1.13 bits per heavy atom. The van der Waals surface area contributed by atoms with E-state index in [-0.39, 0.29) is 0 Å². The molecule has 1 aromatic carbocycles. The monoisotopic (exact) mass is 425 g/mol. The van der Waals surface area contributed by atoms with Crippen LogP contribution in [0.1, 0.15) is 22.7 Å². The predicted octanol–water partition coefficient (Wildman–Crippen LogP) is 4.08. The van der Waals surface area contributed by atoms with Crippen molar-refractivity contribution in [1.29, 1.82) is 0 Å². The van der Waals surface area contributed by atoms with Gasteiger partial charge < -0.3 is 15.0 Å². The number of aryl methyl sites for hydroxylation is 2. The van der Waals surface area contributed by atoms with Crippen LogP contribution < -0.4 is 10.2 Å². The van der Waals surface area contributed by atoms with Gasteiger partial charge in [-0.1, -0.05) is 18.2 Å². The fourth-order valence-corrected chi connectivity index (χ4v) is 4.83. The van der Waals surface area contributed by atoms with Crippen molar-refractivity contribution in [1.82, 2.24) is 14.9 Å². The van der Waals surface area contributed by atoms with Crippen LogP contribution in [-0.4, -0.2) is 61.3 Å². The van der Waals surface area contributed by atoms with Gasteiger partial charge in [0.05, 0.1) is 25.1 Å². The number of hydrogen-bond donors (Lipinski definition) is 1. The van der Waals surface area contributed by atoms with Crippen molar-refractivity contribution in [2.24, 2.45) is 0 Å². The number of anilines is 2. The number of fused-ring (bicyclic) bond motifs is 1. The third kappa shape index (κ3) is 4.91. The minimum Gasteiger partial charge on any atom is -0.379 e. The zero-order chi connectivity index (χ0) is 20.9. The molecule has 2 aromatic heterocycles. The second kappa shape index (κ2) is 9.73. The molecule has 0 aliphatic carbocycles. The Bertz CT molecular complexity index is 969. The second-order valence-electron chi connectivity index (χ2n) is 7.88. The highest BCUT2D eigenvalue weighted by Gasteiger charge is 2.17. The fourth-order valence-electron chi connectivity index (χ4n) is 3.79. The molecule has 3 aromatic rings. The molecule has 3 heterocycles. The Morgan fingerprint density at radius 3 is 2.67 bits per heavy atom. The topological polar surface area (TPSA) is 53.5 Å². The molecule has 0 radical (unpaired) electrons. The third-order valence-electron chi connectivity index (χ3n) is 5.70. The molecular formula is C23H31N5OS. The molecule has 30 heavy (non-hydrogen) atoms. The number of para-hydroxylation sites is 1. The molecule has 0 amide bonds. The number of rotatable bonds is 8. The lowest BCUT2D eigenvalue weighted by molar-refractivity contribution is 0.0331. The molecule has 1 saturated heterocycles. The number of benzene rings is 1. The summed E-state index contributed by atoms with van der Waals surface area (Å²) in [7, 11) is 2.14. The zero-order valence-corrected chi connectivity index (χ0v) is 19.0. The van der Waals surface area contributed by atoms with Crippen LogP contribution >= 0.6 is 11.3 Å². The first-order chi connectivity index (χ1) is 14.6. The Morgan fingerprint density at radius 2 is 1.90 bits per heavy atom. The lowest BCUT2D eigenvalue weighted by atomic mass is 10.2. The van der Waals surface area contributed by atoms with Crippen molar-refractivity contribution in [2.45, 2.75) is 26.8 Å². The minimum atomic E-state index is 0.778. The molecule has 1 N–H and O–H groups in total. The molecule has 0 atom stereocenters. The first kappa shape index (κ1) is 21.0. The summed E-state index contributed by atoms with van der Waals surface area (Å²) in [5.41, 5.74) is 2.54. The van der Waals surface area contributed by atoms with Crippen LogP contribution in [0.25, 0.3) is 10.2 Å². The van der Waals surface area contributed by atoms with Crippen LogP contribution in [0.3, 0.4) is 0 Å². The first-order valence-electron chi connectivity index (χ1n) is 10.7. The quantitative estimate of drug-likeness (QED) is 0.549. The number of nitrogens with zero attached hydrogens (tertiary/aromatic N) is 4. The predicted molar refractivity (Wildman–Crippen MR) is 126 cm³/mol. The summed E-state index contributed by atoms with van der Waals surface area (Å²) in [5.74, 6) is 1.88. The summed E-state index contributed by atoms with van der Waals surface area (Å²) in [6, 6.07) is 10.5. The van der Waals surface area contributed by atoms with Gasteiger partial charge in [0.2, 0.25) is 0 Å². The number of thiophene rings is 1. The van der Waals surface area contributed by atoms with E-state index in [1.165, 1.54) is 21.5 Å². The maximum absolute atomic E-state index is 5.47. The first-order valence-corrected chi connectivity index (χ1v) is 11.5. The SMILES string of the molecule is Cc1sc2nc(CN3CCOCC3)nc(NCCCN(C)c3ccccc3)c2c1C. The van der Waals surface area contributed by atoms with Gasteiger partial charge in [0.15, 0.2) is 0 Å². The van der Waals surface area contributed by atoms with E-state index in [9.17, 15) is 0 Å². The van der Waals surface area contributed by atoms with E-state index in [2.05, 4.69) is 66.3 Å². The Kier molecular flexibility index (Phi) is 6.82. The van der Waals surface area contributed by atoms with Crippen molar-refractivity contribution < 1.29 is 4.74 Å². The average Bonchev–Trinajstić information content (AvgIpc) is 3.06. The summed E-state index contributed by atoms with van der Waals surface area (Å²) in [5, 5.41) is 4.79. The molecule has 0 spiro atoms. The maximum Gasteiger partial charge on any atom is 0.146 e. The molecule has 1 aliphatic heterocycles. The molecule has 160 valence electrons. The van der Waals surface area contributed by atoms with Crippen LogP contribution in [-0.2, 0) is 11.3 Å². The van der Waals surface area contributed by atoms with Crippen LogP contribution in [0.4, 0.5) is 11.5 Å². The van der Waals surface area contributed by atoms with Gasteiger partial charge in [0.1, 0.15) is 16.5 Å². The molecule has 7 heteroatoms. The van der Waals surface area contributed by atoms with Gasteiger partial charge in [-0.25, -0.2) is 9.97 Å². The van der Waals surface area contributed by atoms with E-state index in [1.54, 1.807) is 11.3 Å². The summed E-state index contributed by atoms with van der Waals surface area (Å²) in [6.07, 6.45) is 1.04. The van der Waals surface area contributed by atoms with Gasteiger partial charge in [-0.2, -0.15) is 0 Å². The van der Waals surface area contributed by atoms with E-state index in [0.29, 0.717) is 0 Å². The minimum absolute atomic E-state index is 0.778. The van der Waals surface area contributed by atoms with Gasteiger partial charge in [0.25, 0.3) is 0 Å². The zero-order valence-electron chi connectivity index (χ0n) is 18.1. The Hall–Kier alpha value is -2.22. The molecule has 1 fully saturated rings. The van der Waals surface area contributed by atoms with Crippen molar-refractivity contribution in [3.63, 3.8) is 0 Å². The number of aromatic nitrogens is 2. The van der Waals surface area contributed by atoms with Gasteiger partial charge in [-0.05, 0) is 38.0 Å². The van der Waals surface area contributed by atoms with Gasteiger partial charge in [0, 0.05) is 43.8 Å². The standard InChI is InChI=1S/C23H31N5OS/c1-17-18(2)30-23-21(17)22(25-20(26-23)16-28-12-14-29-15-13-28)24-10-7-11-27(3)19-8-5-4-6-9-19/h4-6,8-9H,7,10-16H2,1-3H3,(H,24,25,26). The summed E-state index contributed by atoms with van der Waals surface area (Å²) in [6.45, 7) is 10.5. The van der Waals surface area contributed by atoms with E-state index >= 15 is 0 Å².